The van der Waals surface area contributed by atoms with Crippen LogP contribution < -0.4 is 35.5 Å². The average molecular weight is 1270 g/mol. The number of fused-ring (bicyclic) bond motifs is 2. The van der Waals surface area contributed by atoms with Gasteiger partial charge in [0.2, 0.25) is 11.9 Å². The van der Waals surface area contributed by atoms with Gasteiger partial charge in [-0.1, -0.05) is 92.7 Å². The molecule has 7 heterocycles. The van der Waals surface area contributed by atoms with Crippen molar-refractivity contribution in [2.45, 2.75) is 75.6 Å². The first-order valence-corrected chi connectivity index (χ1v) is 31.6. The summed E-state index contributed by atoms with van der Waals surface area (Å²) < 4.78 is 72.0. The van der Waals surface area contributed by atoms with Crippen LogP contribution in [0, 0.1) is 17.2 Å². The van der Waals surface area contributed by atoms with Crippen molar-refractivity contribution in [1.29, 1.82) is 5.26 Å². The van der Waals surface area contributed by atoms with E-state index in [1.54, 1.807) is 63.0 Å². The van der Waals surface area contributed by atoms with Gasteiger partial charge in [0.15, 0.2) is 52.9 Å². The standard InChI is InChI=1S/C55H55N11O14P2S.C5H5N/c1-33(2)50(67)63-54-62-49-46(52(69)64-54)60-32-66(49)53-42(79-81(70)71)26-40(77-53)28-76-82(83,75-25-11-24-56)80-41-27-44(65-31-59-45-47(57-30-58-48(45)65)61-51(68)34-12-7-5-8-13-34)78-43(41)29-74-55(35-14-9-6-10-15-35,36-16-20-38(72-3)21-17-36)37-18-22-39(73-4)23-19-37;1-2-4-6-5-3-1/h5-10,12-23,30-33,40-44,53H,11,25-29H2,1-4H3,(H,57,58,61,68)(H2,62,63,64,67,69);1-5H/p+1/t40-,41+,42-,43+,44+,53+,82?;/m0./s1. The normalized spacial score (nSPS) is 19.0. The number of H-pyrrole nitrogens is 2. The van der Waals surface area contributed by atoms with E-state index in [-0.39, 0.29) is 67.5 Å². The number of imidazole rings is 2. The number of pyridine rings is 1. The third-order valence-corrected chi connectivity index (χ3v) is 17.2. The zero-order valence-corrected chi connectivity index (χ0v) is 51.0. The summed E-state index contributed by atoms with van der Waals surface area (Å²) in [5, 5.41) is 15.1. The van der Waals surface area contributed by atoms with Crippen LogP contribution in [0.25, 0.3) is 22.3 Å². The van der Waals surface area contributed by atoms with Crippen LogP contribution in [0.4, 0.5) is 11.8 Å². The van der Waals surface area contributed by atoms with E-state index in [9.17, 15) is 29.1 Å². The van der Waals surface area contributed by atoms with Crippen LogP contribution in [0.2, 0.25) is 0 Å². The van der Waals surface area contributed by atoms with Crippen LogP contribution in [0.1, 0.15) is 72.6 Å². The van der Waals surface area contributed by atoms with E-state index in [2.05, 4.69) is 51.6 Å². The lowest BCUT2D eigenvalue weighted by Crippen LogP contribution is -2.38. The first-order valence-electron chi connectivity index (χ1n) is 28.0. The molecule has 89 heavy (non-hydrogen) atoms. The van der Waals surface area contributed by atoms with Crippen molar-refractivity contribution in [3.63, 3.8) is 0 Å². The van der Waals surface area contributed by atoms with Gasteiger partial charge in [-0.2, -0.15) is 10.2 Å². The highest BCUT2D eigenvalue weighted by molar-refractivity contribution is 8.07. The second kappa shape index (κ2) is 29.1. The van der Waals surface area contributed by atoms with Gasteiger partial charge in [-0.3, -0.25) is 33.8 Å². The van der Waals surface area contributed by atoms with Crippen molar-refractivity contribution < 1.29 is 65.8 Å². The number of carbonyl (C=O) groups is 2. The Hall–Kier alpha value is -8.61. The number of ether oxygens (including phenoxy) is 5. The monoisotopic (exact) mass is 1270 g/mol. The molecule has 2 amide bonds. The van der Waals surface area contributed by atoms with E-state index >= 15 is 0 Å². The summed E-state index contributed by atoms with van der Waals surface area (Å²) in [6.45, 7) is -1.38. The Balaban J connectivity index is 0.00000137. The second-order valence-electron chi connectivity index (χ2n) is 20.4. The number of hydrogen-bond acceptors (Lipinski definition) is 21. The molecule has 0 bridgehead atoms. The molecular weight excluding hydrogens is 1210 g/mol. The number of hydrogen-bond donors (Lipinski definition) is 3. The van der Waals surface area contributed by atoms with Crippen LogP contribution in [0.3, 0.4) is 0 Å². The van der Waals surface area contributed by atoms with E-state index in [0.717, 1.165) is 16.7 Å². The van der Waals surface area contributed by atoms with Gasteiger partial charge in [-0.05, 0) is 69.5 Å². The molecule has 5 aromatic heterocycles. The van der Waals surface area contributed by atoms with Crippen molar-refractivity contribution in [1.82, 2.24) is 39.0 Å². The van der Waals surface area contributed by atoms with Crippen molar-refractivity contribution >= 4 is 72.7 Å². The lowest BCUT2D eigenvalue weighted by molar-refractivity contribution is -0.378. The maximum absolute atomic E-state index is 13.4. The molecule has 8 atom stereocenters. The third-order valence-electron chi connectivity index (χ3n) is 14.3. The molecule has 2 unspecified atom stereocenters. The molecule has 460 valence electrons. The molecular formula is C60H61N12O14P2S+. The summed E-state index contributed by atoms with van der Waals surface area (Å²) in [5.74, 6) is -0.0374. The van der Waals surface area contributed by atoms with Crippen LogP contribution in [-0.2, 0) is 59.1 Å². The minimum Gasteiger partial charge on any atom is -0.566 e. The summed E-state index contributed by atoms with van der Waals surface area (Å²) in [6.07, 6.45) is 1.47. The number of rotatable bonds is 24. The van der Waals surface area contributed by atoms with Crippen LogP contribution >= 0.6 is 15.0 Å². The van der Waals surface area contributed by atoms with Crippen molar-refractivity contribution in [2.24, 2.45) is 5.92 Å². The lowest BCUT2D eigenvalue weighted by Gasteiger charge is -2.37. The van der Waals surface area contributed by atoms with Gasteiger partial charge in [0, 0.05) is 36.5 Å². The van der Waals surface area contributed by atoms with E-state index in [4.69, 9.17) is 53.6 Å². The number of nitrogens with one attached hydrogen (secondary N) is 4. The highest BCUT2D eigenvalue weighted by Gasteiger charge is 2.47. The largest absolute Gasteiger partial charge is 0.566 e. The summed E-state index contributed by atoms with van der Waals surface area (Å²) in [5.41, 5.74) is 1.09. The molecule has 9 aromatic rings. The molecule has 2 fully saturated rings. The van der Waals surface area contributed by atoms with Gasteiger partial charge in [-0.15, -0.1) is 4.52 Å². The van der Waals surface area contributed by atoms with E-state index in [1.807, 2.05) is 109 Å². The maximum Gasteiger partial charge on any atom is 0.488 e. The molecule has 0 radical (unpaired) electrons. The number of amides is 2. The van der Waals surface area contributed by atoms with Crippen LogP contribution in [-0.4, -0.2) is 109 Å². The van der Waals surface area contributed by atoms with Gasteiger partial charge < -0.3 is 47.5 Å². The summed E-state index contributed by atoms with van der Waals surface area (Å²) >= 11 is 6.19. The molecule has 2 saturated heterocycles. The second-order valence-corrected chi connectivity index (χ2v) is 24.0. The average Bonchev–Trinajstić information content (AvgIpc) is 1.84. The Labute approximate surface area is 515 Å². The van der Waals surface area contributed by atoms with Gasteiger partial charge >= 0.3 is 15.0 Å². The van der Waals surface area contributed by atoms with Crippen molar-refractivity contribution in [3.8, 4) is 17.6 Å². The topological polar surface area (TPSA) is 326 Å². The number of aromatic nitrogens is 9. The summed E-state index contributed by atoms with van der Waals surface area (Å²) in [4.78, 5) is 78.8. The minimum atomic E-state index is -3.99. The predicted molar refractivity (Wildman–Crippen MR) is 323 cm³/mol. The molecule has 0 saturated carbocycles. The van der Waals surface area contributed by atoms with Gasteiger partial charge in [0.25, 0.3) is 11.5 Å². The molecule has 11 rings (SSSR count). The maximum atomic E-state index is 13.4. The smallest absolute Gasteiger partial charge is 0.488 e. The van der Waals surface area contributed by atoms with E-state index in [0.29, 0.717) is 22.7 Å². The minimum absolute atomic E-state index is 0.0352. The molecule has 29 heteroatoms. The molecule has 4 aromatic carbocycles. The van der Waals surface area contributed by atoms with Crippen LogP contribution in [0.15, 0.2) is 164 Å². The molecule has 26 nitrogen and oxygen atoms in total. The molecule has 4 N–H and O–H groups in total. The van der Waals surface area contributed by atoms with Gasteiger partial charge in [0.05, 0.1) is 71.4 Å². The Kier molecular flexibility index (Phi) is 20.8. The lowest BCUT2D eigenvalue weighted by atomic mass is 9.80. The highest BCUT2D eigenvalue weighted by Crippen LogP contribution is 2.55. The van der Waals surface area contributed by atoms with Gasteiger partial charge in [0.1, 0.15) is 35.8 Å². The number of benzene rings is 4. The third kappa shape index (κ3) is 14.9. The fourth-order valence-corrected chi connectivity index (χ4v) is 12.6. The summed E-state index contributed by atoms with van der Waals surface area (Å²) in [7, 11) is -0.270. The predicted octanol–water partition coefficient (Wildman–Crippen LogP) is 7.87. The first-order chi connectivity index (χ1) is 43.2. The van der Waals surface area contributed by atoms with Crippen molar-refractivity contribution in [2.75, 3.05) is 44.7 Å². The zero-order valence-electron chi connectivity index (χ0n) is 48.4. The van der Waals surface area contributed by atoms with E-state index < -0.39 is 80.7 Å². The highest BCUT2D eigenvalue weighted by atomic mass is 32.5. The number of carbonyl (C=O) groups excluding carboxylic acids is 2. The number of nitriles is 1. The number of nitrogens with zero attached hydrogens (tertiary/aromatic N) is 8. The van der Waals surface area contributed by atoms with Crippen molar-refractivity contribution in [3.05, 3.63) is 191 Å². The Bertz CT molecular complexity index is 3960. The van der Waals surface area contributed by atoms with E-state index in [1.165, 1.54) is 23.5 Å². The van der Waals surface area contributed by atoms with Crippen LogP contribution in [0.5, 0.6) is 11.5 Å². The molecule has 2 aliphatic rings. The SMILES string of the molecule is COc1ccc(C(OC[C@H]2O[C@@H](n3cnc4c(NC(=O)c5ccccc5)ncnc43)C[C@H]2OP(=S)(OCCC#N)OC[C@@H]2C[C@H](O[P+](=O)[O-])[C@H](n3cnc4c(=O)[nH]c(NC(=O)C(C)C)nc43)O2)(c2ccccc2)c2ccc(OC)cc2)cc1.c1cc[nH+]cc1. The molecule has 2 aliphatic heterocycles. The Morgan fingerprint density at radius 2 is 1.45 bits per heavy atom. The fraction of sp³-hybridized carbons (Fsp3) is 0.300. The summed E-state index contributed by atoms with van der Waals surface area (Å²) in [6, 6.07) is 41.2. The number of aromatic amines is 2. The van der Waals surface area contributed by atoms with Gasteiger partial charge in [-0.25, -0.2) is 24.9 Å². The number of anilines is 2. The Morgan fingerprint density at radius 3 is 2.07 bits per heavy atom. The Morgan fingerprint density at radius 1 is 0.809 bits per heavy atom. The first kappa shape index (κ1) is 63.4. The number of methoxy groups -OCH3 is 2. The molecule has 0 spiro atoms. The quantitative estimate of drug-likeness (QED) is 0.0294. The fourth-order valence-electron chi connectivity index (χ4n) is 10.0. The molecule has 0 aliphatic carbocycles. The zero-order chi connectivity index (χ0) is 62.5.